The summed E-state index contributed by atoms with van der Waals surface area (Å²) in [5.74, 6) is 0.570. The minimum atomic E-state index is 0.570. The third kappa shape index (κ3) is 1.41. The lowest BCUT2D eigenvalue weighted by molar-refractivity contribution is 0.851. The maximum Gasteiger partial charge on any atom is 0.139 e. The molecule has 0 aliphatic heterocycles. The lowest BCUT2D eigenvalue weighted by Gasteiger charge is -2.07. The van der Waals surface area contributed by atoms with Gasteiger partial charge >= 0.3 is 0 Å². The molecule has 0 fully saturated rings. The highest BCUT2D eigenvalue weighted by atomic mass is 15.0. The van der Waals surface area contributed by atoms with E-state index in [2.05, 4.69) is 48.6 Å². The first-order chi connectivity index (χ1) is 6.58. The van der Waals surface area contributed by atoms with Crippen LogP contribution in [0.15, 0.2) is 18.5 Å². The Morgan fingerprint density at radius 2 is 1.93 bits per heavy atom. The molecular formula is C12H16N2. The van der Waals surface area contributed by atoms with Crippen LogP contribution in [0.4, 0.5) is 0 Å². The first-order valence-electron chi connectivity index (χ1n) is 5.04. The molecule has 0 N–H and O–H groups in total. The van der Waals surface area contributed by atoms with Crippen LogP contribution in [0.1, 0.15) is 36.6 Å². The molecule has 2 aromatic heterocycles. The number of aryl methyl sites for hydroxylation is 2. The van der Waals surface area contributed by atoms with E-state index in [-0.39, 0.29) is 0 Å². The van der Waals surface area contributed by atoms with E-state index in [1.165, 1.54) is 11.1 Å². The van der Waals surface area contributed by atoms with Crippen molar-refractivity contribution in [2.75, 3.05) is 0 Å². The van der Waals surface area contributed by atoms with E-state index in [0.717, 1.165) is 11.3 Å². The van der Waals surface area contributed by atoms with Gasteiger partial charge in [0.15, 0.2) is 0 Å². The van der Waals surface area contributed by atoms with E-state index in [9.17, 15) is 0 Å². The highest BCUT2D eigenvalue weighted by molar-refractivity contribution is 5.49. The van der Waals surface area contributed by atoms with Crippen molar-refractivity contribution in [2.24, 2.45) is 0 Å². The van der Waals surface area contributed by atoms with Gasteiger partial charge in [-0.05, 0) is 30.9 Å². The molecule has 0 unspecified atom stereocenters. The van der Waals surface area contributed by atoms with E-state index in [4.69, 9.17) is 0 Å². The molecule has 0 amide bonds. The Balaban J connectivity index is 2.71. The van der Waals surface area contributed by atoms with Gasteiger partial charge in [0.05, 0.1) is 5.69 Å². The van der Waals surface area contributed by atoms with Crippen molar-refractivity contribution in [1.82, 2.24) is 9.38 Å². The molecule has 0 aromatic carbocycles. The van der Waals surface area contributed by atoms with Crippen LogP contribution < -0.4 is 0 Å². The monoisotopic (exact) mass is 188 g/mol. The summed E-state index contributed by atoms with van der Waals surface area (Å²) in [4.78, 5) is 4.48. The number of fused-ring (bicyclic) bond motifs is 1. The number of aromatic nitrogens is 2. The van der Waals surface area contributed by atoms with Gasteiger partial charge in [0, 0.05) is 12.4 Å². The van der Waals surface area contributed by atoms with Gasteiger partial charge in [-0.15, -0.1) is 0 Å². The highest BCUT2D eigenvalue weighted by Gasteiger charge is 2.05. The van der Waals surface area contributed by atoms with Gasteiger partial charge < -0.3 is 4.40 Å². The summed E-state index contributed by atoms with van der Waals surface area (Å²) in [7, 11) is 0. The van der Waals surface area contributed by atoms with Gasteiger partial charge in [-0.2, -0.15) is 0 Å². The van der Waals surface area contributed by atoms with E-state index in [1.807, 2.05) is 6.92 Å². The maximum atomic E-state index is 4.48. The quantitative estimate of drug-likeness (QED) is 0.672. The summed E-state index contributed by atoms with van der Waals surface area (Å²) in [5.41, 5.74) is 4.78. The van der Waals surface area contributed by atoms with Crippen LogP contribution in [0.25, 0.3) is 5.65 Å². The Morgan fingerprint density at radius 3 is 2.57 bits per heavy atom. The number of pyridine rings is 1. The molecule has 2 rings (SSSR count). The molecule has 0 saturated heterocycles. The standard InChI is InChI=1S/C12H16N2/c1-8(2)11-5-9(3)12-13-10(4)6-14(12)7-11/h5-8H,1-4H3. The van der Waals surface area contributed by atoms with Crippen molar-refractivity contribution in [3.05, 3.63) is 35.3 Å². The molecule has 14 heavy (non-hydrogen) atoms. The van der Waals surface area contributed by atoms with Gasteiger partial charge in [-0.25, -0.2) is 4.98 Å². The van der Waals surface area contributed by atoms with Crippen molar-refractivity contribution < 1.29 is 0 Å². The topological polar surface area (TPSA) is 17.3 Å². The SMILES string of the molecule is Cc1cn2cc(C(C)C)cc(C)c2n1. The lowest BCUT2D eigenvalue weighted by atomic mass is 10.0. The minimum absolute atomic E-state index is 0.570. The maximum absolute atomic E-state index is 4.48. The molecule has 0 radical (unpaired) electrons. The average molecular weight is 188 g/mol. The zero-order valence-corrected chi connectivity index (χ0v) is 9.20. The summed E-state index contributed by atoms with van der Waals surface area (Å²) < 4.78 is 2.12. The summed E-state index contributed by atoms with van der Waals surface area (Å²) in [6, 6.07) is 2.23. The fourth-order valence-electron chi connectivity index (χ4n) is 1.73. The number of hydrogen-bond donors (Lipinski definition) is 0. The summed E-state index contributed by atoms with van der Waals surface area (Å²) in [5, 5.41) is 0. The van der Waals surface area contributed by atoms with Crippen molar-refractivity contribution in [3.8, 4) is 0 Å². The van der Waals surface area contributed by atoms with Crippen LogP contribution >= 0.6 is 0 Å². The smallest absolute Gasteiger partial charge is 0.139 e. The summed E-state index contributed by atoms with van der Waals surface area (Å²) in [6.45, 7) is 8.57. The Labute approximate surface area is 84.6 Å². The Hall–Kier alpha value is -1.31. The second kappa shape index (κ2) is 3.12. The van der Waals surface area contributed by atoms with E-state index in [0.29, 0.717) is 5.92 Å². The van der Waals surface area contributed by atoms with Crippen LogP contribution in [0.3, 0.4) is 0 Å². The minimum Gasteiger partial charge on any atom is -0.306 e. The fraction of sp³-hybridized carbons (Fsp3) is 0.417. The Morgan fingerprint density at radius 1 is 1.21 bits per heavy atom. The zero-order valence-electron chi connectivity index (χ0n) is 9.20. The molecule has 2 heteroatoms. The van der Waals surface area contributed by atoms with E-state index < -0.39 is 0 Å². The predicted molar refractivity (Wildman–Crippen MR) is 58.8 cm³/mol. The molecular weight excluding hydrogens is 172 g/mol. The predicted octanol–water partition coefficient (Wildman–Crippen LogP) is 3.07. The van der Waals surface area contributed by atoms with Crippen molar-refractivity contribution >= 4 is 5.65 Å². The molecule has 2 heterocycles. The molecule has 0 bridgehead atoms. The van der Waals surface area contributed by atoms with Crippen LogP contribution in [0.5, 0.6) is 0 Å². The fourth-order valence-corrected chi connectivity index (χ4v) is 1.73. The van der Waals surface area contributed by atoms with Crippen molar-refractivity contribution in [2.45, 2.75) is 33.6 Å². The largest absolute Gasteiger partial charge is 0.306 e. The first-order valence-corrected chi connectivity index (χ1v) is 5.04. The van der Waals surface area contributed by atoms with Crippen molar-refractivity contribution in [1.29, 1.82) is 0 Å². The molecule has 0 spiro atoms. The first kappa shape index (κ1) is 9.25. The Kier molecular flexibility index (Phi) is 2.06. The highest BCUT2D eigenvalue weighted by Crippen LogP contribution is 2.19. The van der Waals surface area contributed by atoms with E-state index in [1.54, 1.807) is 0 Å². The van der Waals surface area contributed by atoms with Gasteiger partial charge in [-0.3, -0.25) is 0 Å². The van der Waals surface area contributed by atoms with Gasteiger partial charge in [0.25, 0.3) is 0 Å². The molecule has 74 valence electrons. The zero-order chi connectivity index (χ0) is 10.3. The van der Waals surface area contributed by atoms with Gasteiger partial charge in [0.1, 0.15) is 5.65 Å². The molecule has 0 atom stereocenters. The number of nitrogens with zero attached hydrogens (tertiary/aromatic N) is 2. The van der Waals surface area contributed by atoms with Crippen LogP contribution in [-0.2, 0) is 0 Å². The molecule has 2 nitrogen and oxygen atoms in total. The molecule has 0 saturated carbocycles. The lowest BCUT2D eigenvalue weighted by Crippen LogP contribution is -1.94. The van der Waals surface area contributed by atoms with Gasteiger partial charge in [-0.1, -0.05) is 19.9 Å². The second-order valence-electron chi connectivity index (χ2n) is 4.22. The third-order valence-corrected chi connectivity index (χ3v) is 2.54. The van der Waals surface area contributed by atoms with Crippen LogP contribution in [0.2, 0.25) is 0 Å². The van der Waals surface area contributed by atoms with Gasteiger partial charge in [0.2, 0.25) is 0 Å². The average Bonchev–Trinajstić information content (AvgIpc) is 2.45. The van der Waals surface area contributed by atoms with E-state index >= 15 is 0 Å². The number of rotatable bonds is 1. The second-order valence-corrected chi connectivity index (χ2v) is 4.22. The third-order valence-electron chi connectivity index (χ3n) is 2.54. The number of hydrogen-bond acceptors (Lipinski definition) is 1. The Bertz CT molecular complexity index is 466. The van der Waals surface area contributed by atoms with Crippen molar-refractivity contribution in [3.63, 3.8) is 0 Å². The van der Waals surface area contributed by atoms with Crippen LogP contribution in [0, 0.1) is 13.8 Å². The number of imidazole rings is 1. The normalized spacial score (nSPS) is 11.5. The summed E-state index contributed by atoms with van der Waals surface area (Å²) in [6.07, 6.45) is 4.25. The molecule has 0 aliphatic rings. The van der Waals surface area contributed by atoms with Crippen LogP contribution in [-0.4, -0.2) is 9.38 Å². The molecule has 0 aliphatic carbocycles. The summed E-state index contributed by atoms with van der Waals surface area (Å²) >= 11 is 0. The molecule has 2 aromatic rings.